The molecule has 2 aromatic rings. The van der Waals surface area contributed by atoms with Gasteiger partial charge < -0.3 is 25.2 Å². The highest BCUT2D eigenvalue weighted by Crippen LogP contribution is 2.42. The van der Waals surface area contributed by atoms with Gasteiger partial charge in [0.1, 0.15) is 17.7 Å². The molecule has 31 heavy (non-hydrogen) atoms. The zero-order valence-electron chi connectivity index (χ0n) is 19.1. The van der Waals surface area contributed by atoms with Gasteiger partial charge in [-0.1, -0.05) is 6.07 Å². The molecule has 2 heterocycles. The number of anilines is 3. The molecule has 0 bridgehead atoms. The van der Waals surface area contributed by atoms with Crippen molar-refractivity contribution in [2.24, 2.45) is 0 Å². The lowest BCUT2D eigenvalue weighted by Gasteiger charge is -2.29. The number of ether oxygens (including phenoxy) is 1. The maximum absolute atomic E-state index is 6.23. The van der Waals surface area contributed by atoms with Crippen LogP contribution in [0.25, 0.3) is 0 Å². The van der Waals surface area contributed by atoms with Crippen LogP contribution in [-0.2, 0) is 0 Å². The van der Waals surface area contributed by atoms with Crippen molar-refractivity contribution < 1.29 is 4.74 Å². The van der Waals surface area contributed by atoms with Crippen LogP contribution in [0.5, 0.6) is 5.75 Å². The minimum atomic E-state index is 0.290. The van der Waals surface area contributed by atoms with Crippen LogP contribution in [0.1, 0.15) is 43.6 Å². The third-order valence-corrected chi connectivity index (χ3v) is 5.97. The number of aromatic nitrogens is 2. The van der Waals surface area contributed by atoms with Gasteiger partial charge in [0.05, 0.1) is 0 Å². The Morgan fingerprint density at radius 3 is 2.71 bits per heavy atom. The van der Waals surface area contributed by atoms with Gasteiger partial charge in [0, 0.05) is 43.1 Å². The van der Waals surface area contributed by atoms with E-state index < -0.39 is 0 Å². The highest BCUT2D eigenvalue weighted by atomic mass is 16.5. The molecule has 7 heteroatoms. The summed E-state index contributed by atoms with van der Waals surface area (Å²) in [5.74, 6) is 3.10. The zero-order chi connectivity index (χ0) is 21.6. The normalized spacial score (nSPS) is 17.7. The van der Waals surface area contributed by atoms with Crippen molar-refractivity contribution in [1.82, 2.24) is 19.8 Å². The summed E-state index contributed by atoms with van der Waals surface area (Å²) in [6.07, 6.45) is 7.97. The third-order valence-electron chi connectivity index (χ3n) is 5.97. The van der Waals surface area contributed by atoms with E-state index in [0.29, 0.717) is 18.0 Å². The summed E-state index contributed by atoms with van der Waals surface area (Å²) in [5.41, 5.74) is 2.19. The average Bonchev–Trinajstić information content (AvgIpc) is 3.59. The van der Waals surface area contributed by atoms with Crippen molar-refractivity contribution >= 4 is 17.5 Å². The summed E-state index contributed by atoms with van der Waals surface area (Å²) < 4.78 is 6.23. The zero-order valence-corrected chi connectivity index (χ0v) is 19.1. The van der Waals surface area contributed by atoms with Crippen molar-refractivity contribution in [2.45, 2.75) is 44.1 Å². The molecule has 1 aliphatic carbocycles. The SMILES string of the molecule is CN(C)CCCNc1nc(Nc2cccc(OC3CCN(C)CC3)c2)ncc1C1CC1. The standard InChI is InChI=1S/C24H36N6O/c1-29(2)13-5-12-25-23-22(18-8-9-18)17-26-24(28-23)27-19-6-4-7-21(16-19)31-20-10-14-30(3)15-11-20/h4,6-7,16-18,20H,5,8-15H2,1-3H3,(H2,25,26,27,28). The van der Waals surface area contributed by atoms with E-state index in [-0.39, 0.29) is 0 Å². The van der Waals surface area contributed by atoms with E-state index >= 15 is 0 Å². The monoisotopic (exact) mass is 424 g/mol. The molecule has 7 nitrogen and oxygen atoms in total. The highest BCUT2D eigenvalue weighted by molar-refractivity contribution is 5.58. The maximum atomic E-state index is 6.23. The van der Waals surface area contributed by atoms with Gasteiger partial charge in [-0.15, -0.1) is 0 Å². The van der Waals surface area contributed by atoms with E-state index in [1.165, 1.54) is 18.4 Å². The van der Waals surface area contributed by atoms with Gasteiger partial charge in [-0.25, -0.2) is 4.98 Å². The lowest BCUT2D eigenvalue weighted by molar-refractivity contribution is 0.114. The molecule has 0 radical (unpaired) electrons. The molecule has 0 atom stereocenters. The van der Waals surface area contributed by atoms with Gasteiger partial charge in [0.15, 0.2) is 0 Å². The van der Waals surface area contributed by atoms with E-state index in [0.717, 1.165) is 62.7 Å². The van der Waals surface area contributed by atoms with Gasteiger partial charge in [-0.05, 0) is 77.8 Å². The quantitative estimate of drug-likeness (QED) is 0.560. The summed E-state index contributed by atoms with van der Waals surface area (Å²) in [4.78, 5) is 14.0. The molecule has 4 rings (SSSR count). The lowest BCUT2D eigenvalue weighted by Crippen LogP contribution is -2.35. The fraction of sp³-hybridized carbons (Fsp3) is 0.583. The van der Waals surface area contributed by atoms with Gasteiger partial charge in [-0.2, -0.15) is 4.98 Å². The van der Waals surface area contributed by atoms with Crippen molar-refractivity contribution in [2.75, 3.05) is 58.0 Å². The van der Waals surface area contributed by atoms with Crippen LogP contribution in [0.15, 0.2) is 30.5 Å². The predicted molar refractivity (Wildman–Crippen MR) is 127 cm³/mol. The molecular formula is C24H36N6O. The van der Waals surface area contributed by atoms with E-state index in [1.54, 1.807) is 0 Å². The van der Waals surface area contributed by atoms with Crippen LogP contribution in [0.4, 0.5) is 17.5 Å². The summed E-state index contributed by atoms with van der Waals surface area (Å²) in [6.45, 7) is 4.16. The molecule has 1 saturated heterocycles. The maximum Gasteiger partial charge on any atom is 0.229 e. The first-order chi connectivity index (χ1) is 15.1. The Morgan fingerprint density at radius 1 is 1.16 bits per heavy atom. The number of hydrogen-bond donors (Lipinski definition) is 2. The lowest BCUT2D eigenvalue weighted by atomic mass is 10.1. The first-order valence-corrected chi connectivity index (χ1v) is 11.5. The molecule has 1 aliphatic heterocycles. The number of nitrogens with one attached hydrogen (secondary N) is 2. The molecule has 2 aliphatic rings. The Bertz CT molecular complexity index is 846. The van der Waals surface area contributed by atoms with Gasteiger partial charge in [-0.3, -0.25) is 0 Å². The summed E-state index contributed by atoms with van der Waals surface area (Å²) in [5, 5.41) is 6.90. The second-order valence-corrected chi connectivity index (χ2v) is 9.13. The Morgan fingerprint density at radius 2 is 1.97 bits per heavy atom. The number of hydrogen-bond acceptors (Lipinski definition) is 7. The fourth-order valence-corrected chi connectivity index (χ4v) is 3.96. The van der Waals surface area contributed by atoms with Crippen molar-refractivity contribution in [3.63, 3.8) is 0 Å². The summed E-state index contributed by atoms with van der Waals surface area (Å²) in [6, 6.07) is 8.12. The minimum absolute atomic E-state index is 0.290. The predicted octanol–water partition coefficient (Wildman–Crippen LogP) is 3.93. The number of likely N-dealkylation sites (tertiary alicyclic amines) is 1. The highest BCUT2D eigenvalue weighted by Gasteiger charge is 2.27. The molecule has 2 N–H and O–H groups in total. The Kier molecular flexibility index (Phi) is 7.25. The summed E-state index contributed by atoms with van der Waals surface area (Å²) >= 11 is 0. The number of nitrogens with zero attached hydrogens (tertiary/aromatic N) is 4. The molecule has 1 aromatic heterocycles. The van der Waals surface area contributed by atoms with Crippen molar-refractivity contribution in [3.8, 4) is 5.75 Å². The fourth-order valence-electron chi connectivity index (χ4n) is 3.96. The average molecular weight is 425 g/mol. The Hall–Kier alpha value is -2.38. The van der Waals surface area contributed by atoms with E-state index in [1.807, 2.05) is 30.5 Å². The molecule has 2 fully saturated rings. The first kappa shape index (κ1) is 21.8. The van der Waals surface area contributed by atoms with Crippen LogP contribution in [0.3, 0.4) is 0 Å². The van der Waals surface area contributed by atoms with Crippen molar-refractivity contribution in [1.29, 1.82) is 0 Å². The molecular weight excluding hydrogens is 388 g/mol. The van der Waals surface area contributed by atoms with Crippen LogP contribution < -0.4 is 15.4 Å². The molecule has 168 valence electrons. The Balaban J connectivity index is 1.39. The van der Waals surface area contributed by atoms with Crippen LogP contribution in [0, 0.1) is 0 Å². The third kappa shape index (κ3) is 6.55. The second kappa shape index (κ2) is 10.3. The molecule has 0 spiro atoms. The van der Waals surface area contributed by atoms with E-state index in [4.69, 9.17) is 9.72 Å². The van der Waals surface area contributed by atoms with Crippen molar-refractivity contribution in [3.05, 3.63) is 36.0 Å². The minimum Gasteiger partial charge on any atom is -0.490 e. The van der Waals surface area contributed by atoms with Crippen LogP contribution in [0.2, 0.25) is 0 Å². The number of piperidine rings is 1. The van der Waals surface area contributed by atoms with E-state index in [9.17, 15) is 0 Å². The second-order valence-electron chi connectivity index (χ2n) is 9.13. The summed E-state index contributed by atoms with van der Waals surface area (Å²) in [7, 11) is 6.38. The number of rotatable bonds is 10. The molecule has 0 unspecified atom stereocenters. The largest absolute Gasteiger partial charge is 0.490 e. The molecule has 0 amide bonds. The first-order valence-electron chi connectivity index (χ1n) is 11.5. The van der Waals surface area contributed by atoms with Gasteiger partial charge >= 0.3 is 0 Å². The van der Waals surface area contributed by atoms with Gasteiger partial charge in [0.25, 0.3) is 0 Å². The van der Waals surface area contributed by atoms with E-state index in [2.05, 4.69) is 46.6 Å². The smallest absolute Gasteiger partial charge is 0.229 e. The topological polar surface area (TPSA) is 65.6 Å². The van der Waals surface area contributed by atoms with Gasteiger partial charge in [0.2, 0.25) is 5.95 Å². The molecule has 1 saturated carbocycles. The Labute approximate surface area is 186 Å². The van der Waals surface area contributed by atoms with Crippen LogP contribution >= 0.6 is 0 Å². The van der Waals surface area contributed by atoms with Crippen LogP contribution in [-0.4, -0.2) is 73.2 Å². The molecule has 1 aromatic carbocycles. The number of benzene rings is 1.